The molecule has 0 radical (unpaired) electrons. The zero-order valence-corrected chi connectivity index (χ0v) is 25.0. The molecule has 1 saturated heterocycles. The highest BCUT2D eigenvalue weighted by molar-refractivity contribution is 7.55. The van der Waals surface area contributed by atoms with Crippen molar-refractivity contribution in [2.75, 3.05) is 44.5 Å². The number of aryl methyl sites for hydroxylation is 1. The molecule has 1 unspecified atom stereocenters. The highest BCUT2D eigenvalue weighted by Crippen LogP contribution is 2.49. The third-order valence-electron chi connectivity index (χ3n) is 8.11. The second-order valence-corrected chi connectivity index (χ2v) is 15.3. The van der Waals surface area contributed by atoms with Crippen LogP contribution in [0, 0.1) is 17.3 Å². The Balaban J connectivity index is 1.33. The Morgan fingerprint density at radius 2 is 1.79 bits per heavy atom. The van der Waals surface area contributed by atoms with Crippen LogP contribution in [-0.4, -0.2) is 39.6 Å². The average Bonchev–Trinajstić information content (AvgIpc) is 3.71. The lowest BCUT2D eigenvalue weighted by molar-refractivity contribution is -0.173. The molecule has 2 aromatic carbocycles. The van der Waals surface area contributed by atoms with Crippen molar-refractivity contribution in [3.05, 3.63) is 53.6 Å². The van der Waals surface area contributed by atoms with Crippen molar-refractivity contribution in [2.24, 2.45) is 17.3 Å². The van der Waals surface area contributed by atoms with Gasteiger partial charge in [0.25, 0.3) is 0 Å². The van der Waals surface area contributed by atoms with Crippen LogP contribution >= 0.6 is 7.37 Å². The first-order valence-electron chi connectivity index (χ1n) is 14.4. The minimum absolute atomic E-state index is 0.0931. The average molecular weight is 541 g/mol. The number of ether oxygens (including phenoxy) is 2. The normalized spacial score (nSPS) is 19.2. The van der Waals surface area contributed by atoms with Crippen LogP contribution in [0.2, 0.25) is 0 Å². The Bertz CT molecular complexity index is 1090. The molecule has 2 aliphatic rings. The fraction of sp³-hybridized carbons (Fsp3) is 0.625. The Morgan fingerprint density at radius 3 is 2.42 bits per heavy atom. The maximum absolute atomic E-state index is 12.0. The lowest BCUT2D eigenvalue weighted by Crippen LogP contribution is -2.36. The fourth-order valence-electron chi connectivity index (χ4n) is 5.76. The molecule has 1 saturated carbocycles. The van der Waals surface area contributed by atoms with Gasteiger partial charge in [0, 0.05) is 32.2 Å². The van der Waals surface area contributed by atoms with Gasteiger partial charge in [-0.1, -0.05) is 39.0 Å². The molecular formula is C32H47NO4P-. The van der Waals surface area contributed by atoms with Gasteiger partial charge in [-0.2, -0.15) is 0 Å². The topological polar surface area (TPSA) is 61.8 Å². The van der Waals surface area contributed by atoms with Crippen LogP contribution in [-0.2, 0) is 11.0 Å². The molecule has 5 nitrogen and oxygen atoms in total. The molecule has 0 aromatic heterocycles. The van der Waals surface area contributed by atoms with Gasteiger partial charge in [-0.15, -0.1) is 0 Å². The van der Waals surface area contributed by atoms with Crippen molar-refractivity contribution in [3.8, 4) is 11.5 Å². The molecule has 0 N–H and O–H groups in total. The Morgan fingerprint density at radius 1 is 1.05 bits per heavy atom. The van der Waals surface area contributed by atoms with Crippen LogP contribution in [0.25, 0.3) is 0 Å². The zero-order chi connectivity index (χ0) is 27.3. The van der Waals surface area contributed by atoms with E-state index < -0.39 is 7.37 Å². The molecule has 1 aliphatic heterocycles. The minimum atomic E-state index is -3.31. The van der Waals surface area contributed by atoms with Crippen molar-refractivity contribution in [1.29, 1.82) is 0 Å². The molecule has 6 heteroatoms. The molecule has 0 amide bonds. The van der Waals surface area contributed by atoms with E-state index in [2.05, 4.69) is 56.0 Å². The number of hydrogen-bond donors (Lipinski definition) is 0. The number of anilines is 1. The summed E-state index contributed by atoms with van der Waals surface area (Å²) in [6.45, 7) is 11.1. The van der Waals surface area contributed by atoms with Gasteiger partial charge in [0.1, 0.15) is 11.5 Å². The van der Waals surface area contributed by atoms with Crippen molar-refractivity contribution in [2.45, 2.75) is 71.6 Å². The van der Waals surface area contributed by atoms with E-state index in [1.807, 2.05) is 12.1 Å². The molecular weight excluding hydrogens is 493 g/mol. The number of nitrogens with zero attached hydrogens (tertiary/aromatic N) is 1. The third-order valence-corrected chi connectivity index (χ3v) is 9.17. The number of benzene rings is 2. The molecule has 2 aromatic rings. The van der Waals surface area contributed by atoms with Crippen molar-refractivity contribution < 1.29 is 18.9 Å². The van der Waals surface area contributed by atoms with Gasteiger partial charge < -0.3 is 23.8 Å². The van der Waals surface area contributed by atoms with Gasteiger partial charge in [0.2, 0.25) is 0 Å². The Labute approximate surface area is 230 Å². The van der Waals surface area contributed by atoms with Gasteiger partial charge in [-0.05, 0) is 110 Å². The summed E-state index contributed by atoms with van der Waals surface area (Å²) < 4.78 is 23.9. The summed E-state index contributed by atoms with van der Waals surface area (Å²) in [7, 11) is -1.57. The summed E-state index contributed by atoms with van der Waals surface area (Å²) in [5.74, 6) is 2.89. The highest BCUT2D eigenvalue weighted by Gasteiger charge is 2.33. The maximum atomic E-state index is 12.0. The van der Waals surface area contributed by atoms with Gasteiger partial charge in [-0.25, -0.2) is 0 Å². The Kier molecular flexibility index (Phi) is 9.53. The molecule has 2 fully saturated rings. The molecule has 1 heterocycles. The number of hydrogen-bond acceptors (Lipinski definition) is 5. The quantitative estimate of drug-likeness (QED) is 0.268. The third kappa shape index (κ3) is 8.78. The van der Waals surface area contributed by atoms with E-state index in [0.717, 1.165) is 62.3 Å². The molecule has 1 aliphatic carbocycles. The van der Waals surface area contributed by atoms with Crippen LogP contribution in [0.4, 0.5) is 5.69 Å². The number of methoxy groups -OCH3 is 1. The highest BCUT2D eigenvalue weighted by atomic mass is 31.2. The van der Waals surface area contributed by atoms with Crippen LogP contribution in [0.15, 0.2) is 42.5 Å². The van der Waals surface area contributed by atoms with Crippen LogP contribution in [0.5, 0.6) is 11.5 Å². The Hall–Kier alpha value is -1.97. The van der Waals surface area contributed by atoms with E-state index in [0.29, 0.717) is 23.9 Å². The molecule has 2 atom stereocenters. The molecule has 38 heavy (non-hydrogen) atoms. The summed E-state index contributed by atoms with van der Waals surface area (Å²) in [6.07, 6.45) is 8.20. The number of piperidine rings is 1. The van der Waals surface area contributed by atoms with Crippen molar-refractivity contribution in [1.82, 2.24) is 0 Å². The predicted octanol–water partition coefficient (Wildman–Crippen LogP) is 7.12. The second kappa shape index (κ2) is 12.5. The first-order chi connectivity index (χ1) is 18.0. The summed E-state index contributed by atoms with van der Waals surface area (Å²) in [4.78, 5) is 14.6. The van der Waals surface area contributed by atoms with Crippen LogP contribution in [0.1, 0.15) is 76.3 Å². The largest absolute Gasteiger partial charge is 0.799 e. The van der Waals surface area contributed by atoms with Gasteiger partial charge >= 0.3 is 0 Å². The minimum Gasteiger partial charge on any atom is -0.799 e. The van der Waals surface area contributed by atoms with Gasteiger partial charge in [0.15, 0.2) is 0 Å². The zero-order valence-electron chi connectivity index (χ0n) is 24.1. The van der Waals surface area contributed by atoms with Gasteiger partial charge in [-0.3, -0.25) is 0 Å². The van der Waals surface area contributed by atoms with E-state index in [-0.39, 0.29) is 12.1 Å². The molecule has 210 valence electrons. The first kappa shape index (κ1) is 29.0. The lowest BCUT2D eigenvalue weighted by atomic mass is 9.88. The van der Waals surface area contributed by atoms with E-state index in [4.69, 9.17) is 9.47 Å². The van der Waals surface area contributed by atoms with E-state index in [1.54, 1.807) is 7.11 Å². The van der Waals surface area contributed by atoms with Crippen molar-refractivity contribution in [3.63, 3.8) is 0 Å². The predicted molar refractivity (Wildman–Crippen MR) is 156 cm³/mol. The lowest BCUT2D eigenvalue weighted by Gasteiger charge is -2.35. The summed E-state index contributed by atoms with van der Waals surface area (Å²) in [5.41, 5.74) is 4.21. The molecule has 0 bridgehead atoms. The van der Waals surface area contributed by atoms with Crippen LogP contribution < -0.4 is 19.3 Å². The van der Waals surface area contributed by atoms with E-state index in [1.165, 1.54) is 30.8 Å². The van der Waals surface area contributed by atoms with Crippen LogP contribution in [0.3, 0.4) is 0 Å². The summed E-state index contributed by atoms with van der Waals surface area (Å²) in [5, 5.41) is 0. The molecule has 0 spiro atoms. The standard InChI is InChI=1S/C32H48NO4P/c1-32(2,3)17-7-9-26-13-14-28(36-4)21-31(26)33-18-15-24(16-19-33)22-37-29-10-6-8-27(20-29)30(25-11-12-25)23-38(5,34)35/h6,8,10,13-14,20-21,24-25,30H,7,9,11-12,15-19,22-23H2,1-5H3,(H,34,35)/p-1/t30-/m0/s1. The monoisotopic (exact) mass is 540 g/mol. The second-order valence-electron chi connectivity index (χ2n) is 12.9. The first-order valence-corrected chi connectivity index (χ1v) is 16.7. The maximum Gasteiger partial charge on any atom is 0.120 e. The fourth-order valence-corrected chi connectivity index (χ4v) is 6.98. The number of rotatable bonds is 12. The summed E-state index contributed by atoms with van der Waals surface area (Å²) >= 11 is 0. The van der Waals surface area contributed by atoms with E-state index in [9.17, 15) is 9.46 Å². The summed E-state index contributed by atoms with van der Waals surface area (Å²) in [6, 6.07) is 14.7. The van der Waals surface area contributed by atoms with E-state index >= 15 is 0 Å². The van der Waals surface area contributed by atoms with Gasteiger partial charge in [0.05, 0.1) is 13.7 Å². The van der Waals surface area contributed by atoms with Crippen molar-refractivity contribution >= 4 is 13.1 Å². The SMILES string of the molecule is COc1ccc(CCCC(C)(C)C)c(N2CCC(COc3cccc([C@@H](CP(C)(=O)[O-])C4CC4)c3)CC2)c1. The molecule has 4 rings (SSSR count). The smallest absolute Gasteiger partial charge is 0.120 e.